The molecule has 1 amide bonds. The normalized spacial score (nSPS) is 21.9. The molecule has 0 unspecified atom stereocenters. The number of carbonyl (C=O) groups is 1. The minimum atomic E-state index is -3.84. The molecule has 2 saturated heterocycles. The van der Waals surface area contributed by atoms with Gasteiger partial charge in [0.1, 0.15) is 5.75 Å². The first-order valence-corrected chi connectivity index (χ1v) is 15.2. The Hall–Kier alpha value is -2.51. The summed E-state index contributed by atoms with van der Waals surface area (Å²) in [6.07, 6.45) is 2.12. The summed E-state index contributed by atoms with van der Waals surface area (Å²) in [5.41, 5.74) is 0.288. The number of nitrogens with zero attached hydrogens (tertiary/aromatic N) is 2. The van der Waals surface area contributed by atoms with Gasteiger partial charge < -0.3 is 14.8 Å². The Morgan fingerprint density at radius 2 is 1.51 bits per heavy atom. The molecule has 0 bridgehead atoms. The van der Waals surface area contributed by atoms with E-state index < -0.39 is 26.0 Å². The van der Waals surface area contributed by atoms with Gasteiger partial charge in [-0.15, -0.1) is 0 Å². The Labute approximate surface area is 218 Å². The van der Waals surface area contributed by atoms with Crippen LogP contribution in [-0.4, -0.2) is 76.8 Å². The SMILES string of the molecule is COc1ccc(S(=O)(=O)N2CCCCC2)cc1NC(=O)c1cccc(S(=O)(=O)N2C[C@@H](C)O[C@@H](C)C2)c1. The smallest absolute Gasteiger partial charge is 0.255 e. The number of amides is 1. The number of hydrogen-bond donors (Lipinski definition) is 1. The van der Waals surface area contributed by atoms with E-state index in [1.165, 1.54) is 58.2 Å². The van der Waals surface area contributed by atoms with Crippen molar-refractivity contribution in [1.29, 1.82) is 0 Å². The molecule has 2 aromatic rings. The number of benzene rings is 2. The van der Waals surface area contributed by atoms with Crippen LogP contribution >= 0.6 is 0 Å². The lowest BCUT2D eigenvalue weighted by Crippen LogP contribution is -2.48. The van der Waals surface area contributed by atoms with Gasteiger partial charge in [0.2, 0.25) is 20.0 Å². The van der Waals surface area contributed by atoms with E-state index in [4.69, 9.17) is 9.47 Å². The molecule has 37 heavy (non-hydrogen) atoms. The van der Waals surface area contributed by atoms with Crippen LogP contribution in [0.25, 0.3) is 0 Å². The van der Waals surface area contributed by atoms with E-state index in [0.717, 1.165) is 19.3 Å². The summed E-state index contributed by atoms with van der Waals surface area (Å²) in [5.74, 6) is -0.308. The van der Waals surface area contributed by atoms with Crippen molar-refractivity contribution >= 4 is 31.6 Å². The number of rotatable bonds is 7. The number of morpholine rings is 1. The van der Waals surface area contributed by atoms with Crippen molar-refractivity contribution in [2.24, 2.45) is 0 Å². The predicted molar refractivity (Wildman–Crippen MR) is 139 cm³/mol. The standard InChI is InChI=1S/C25H33N3O7S2/c1-18-16-28(17-19(2)35-18)37(32,33)21-9-7-8-20(14-21)25(29)26-23-15-22(10-11-24(23)34-3)36(30,31)27-12-5-4-6-13-27/h7-11,14-15,18-19H,4-6,12-13,16-17H2,1-3H3,(H,26,29)/t18-,19+. The van der Waals surface area contributed by atoms with Gasteiger partial charge in [-0.1, -0.05) is 12.5 Å². The molecule has 2 aromatic carbocycles. The largest absolute Gasteiger partial charge is 0.495 e. The molecule has 0 spiro atoms. The maximum Gasteiger partial charge on any atom is 0.255 e. The molecule has 0 radical (unpaired) electrons. The summed E-state index contributed by atoms with van der Waals surface area (Å²) in [4.78, 5) is 13.2. The Morgan fingerprint density at radius 3 is 2.16 bits per heavy atom. The molecular weight excluding hydrogens is 518 g/mol. The number of nitrogens with one attached hydrogen (secondary N) is 1. The van der Waals surface area contributed by atoms with Gasteiger partial charge in [-0.05, 0) is 63.1 Å². The third kappa shape index (κ3) is 5.99. The summed E-state index contributed by atoms with van der Waals surface area (Å²) in [7, 11) is -6.15. The molecule has 2 atom stereocenters. The lowest BCUT2D eigenvalue weighted by atomic mass is 10.2. The van der Waals surface area contributed by atoms with Crippen LogP contribution in [-0.2, 0) is 24.8 Å². The summed E-state index contributed by atoms with van der Waals surface area (Å²) in [6.45, 7) is 4.98. The molecule has 4 rings (SSSR count). The van der Waals surface area contributed by atoms with Crippen LogP contribution < -0.4 is 10.1 Å². The number of piperidine rings is 1. The zero-order valence-electron chi connectivity index (χ0n) is 21.2. The van der Waals surface area contributed by atoms with E-state index in [1.54, 1.807) is 0 Å². The van der Waals surface area contributed by atoms with E-state index in [1.807, 2.05) is 13.8 Å². The molecular formula is C25H33N3O7S2. The molecule has 2 fully saturated rings. The second-order valence-corrected chi connectivity index (χ2v) is 13.3. The van der Waals surface area contributed by atoms with Gasteiger partial charge in [0, 0.05) is 31.7 Å². The van der Waals surface area contributed by atoms with Crippen LogP contribution in [0.2, 0.25) is 0 Å². The maximum atomic E-state index is 13.3. The van der Waals surface area contributed by atoms with Gasteiger partial charge in [-0.2, -0.15) is 8.61 Å². The van der Waals surface area contributed by atoms with Crippen molar-refractivity contribution < 1.29 is 31.1 Å². The number of carbonyl (C=O) groups excluding carboxylic acids is 1. The van der Waals surface area contributed by atoms with Crippen LogP contribution in [0, 0.1) is 0 Å². The van der Waals surface area contributed by atoms with Crippen LogP contribution in [0.1, 0.15) is 43.5 Å². The van der Waals surface area contributed by atoms with E-state index in [2.05, 4.69) is 5.32 Å². The molecule has 12 heteroatoms. The van der Waals surface area contributed by atoms with Crippen LogP contribution in [0.3, 0.4) is 0 Å². The molecule has 202 valence electrons. The van der Waals surface area contributed by atoms with Gasteiger partial charge in [0.25, 0.3) is 5.91 Å². The molecule has 2 aliphatic rings. The van der Waals surface area contributed by atoms with Crippen LogP contribution in [0.15, 0.2) is 52.3 Å². The maximum absolute atomic E-state index is 13.3. The highest BCUT2D eigenvalue weighted by Gasteiger charge is 2.33. The van der Waals surface area contributed by atoms with Gasteiger partial charge >= 0.3 is 0 Å². The predicted octanol–water partition coefficient (Wildman–Crippen LogP) is 2.92. The fourth-order valence-corrected chi connectivity index (χ4v) is 7.85. The van der Waals surface area contributed by atoms with Gasteiger partial charge in [-0.25, -0.2) is 16.8 Å². The Morgan fingerprint density at radius 1 is 0.892 bits per heavy atom. The van der Waals surface area contributed by atoms with E-state index in [-0.39, 0.29) is 52.1 Å². The number of sulfonamides is 2. The third-order valence-corrected chi connectivity index (χ3v) is 10.2. The second-order valence-electron chi connectivity index (χ2n) is 9.39. The minimum Gasteiger partial charge on any atom is -0.495 e. The molecule has 0 aromatic heterocycles. The van der Waals surface area contributed by atoms with Crippen LogP contribution in [0.5, 0.6) is 5.75 Å². The second kappa shape index (κ2) is 11.1. The molecule has 2 heterocycles. The fourth-order valence-electron chi connectivity index (χ4n) is 4.67. The first-order chi connectivity index (χ1) is 17.5. The zero-order chi connectivity index (χ0) is 26.8. The lowest BCUT2D eigenvalue weighted by Gasteiger charge is -2.34. The van der Waals surface area contributed by atoms with Crippen molar-refractivity contribution in [2.45, 2.75) is 55.1 Å². The number of methoxy groups -OCH3 is 1. The Kier molecular flexibility index (Phi) is 8.24. The fraction of sp³-hybridized carbons (Fsp3) is 0.480. The van der Waals surface area contributed by atoms with Gasteiger partial charge in [0.05, 0.1) is 34.8 Å². The lowest BCUT2D eigenvalue weighted by molar-refractivity contribution is -0.0440. The Balaban J connectivity index is 1.59. The molecule has 10 nitrogen and oxygen atoms in total. The quantitative estimate of drug-likeness (QED) is 0.561. The number of anilines is 1. The molecule has 0 saturated carbocycles. The van der Waals surface area contributed by atoms with Crippen molar-refractivity contribution in [3.05, 3.63) is 48.0 Å². The summed E-state index contributed by atoms with van der Waals surface area (Å²) in [5, 5.41) is 2.69. The highest BCUT2D eigenvalue weighted by atomic mass is 32.2. The average Bonchev–Trinajstić information content (AvgIpc) is 2.88. The first-order valence-electron chi connectivity index (χ1n) is 12.3. The topological polar surface area (TPSA) is 122 Å². The molecule has 2 aliphatic heterocycles. The van der Waals surface area contributed by atoms with Crippen molar-refractivity contribution in [3.8, 4) is 5.75 Å². The zero-order valence-corrected chi connectivity index (χ0v) is 22.8. The molecule has 1 N–H and O–H groups in total. The highest BCUT2D eigenvalue weighted by Crippen LogP contribution is 2.31. The van der Waals surface area contributed by atoms with Gasteiger partial charge in [-0.3, -0.25) is 4.79 Å². The van der Waals surface area contributed by atoms with E-state index in [0.29, 0.717) is 13.1 Å². The third-order valence-electron chi connectivity index (χ3n) is 6.49. The molecule has 0 aliphatic carbocycles. The summed E-state index contributed by atoms with van der Waals surface area (Å²) in [6, 6.07) is 10.1. The highest BCUT2D eigenvalue weighted by molar-refractivity contribution is 7.89. The monoisotopic (exact) mass is 551 g/mol. The van der Waals surface area contributed by atoms with E-state index >= 15 is 0 Å². The summed E-state index contributed by atoms with van der Waals surface area (Å²) < 4.78 is 66.6. The van der Waals surface area contributed by atoms with Crippen molar-refractivity contribution in [1.82, 2.24) is 8.61 Å². The first kappa shape index (κ1) is 27.5. The summed E-state index contributed by atoms with van der Waals surface area (Å²) >= 11 is 0. The Bertz CT molecular complexity index is 1350. The average molecular weight is 552 g/mol. The number of ether oxygens (including phenoxy) is 2. The number of hydrogen-bond acceptors (Lipinski definition) is 7. The van der Waals surface area contributed by atoms with Crippen LogP contribution in [0.4, 0.5) is 5.69 Å². The van der Waals surface area contributed by atoms with E-state index in [9.17, 15) is 21.6 Å². The van der Waals surface area contributed by atoms with Gasteiger partial charge in [0.15, 0.2) is 0 Å². The van der Waals surface area contributed by atoms with Crippen molar-refractivity contribution in [3.63, 3.8) is 0 Å². The minimum absolute atomic E-state index is 0.00478. The van der Waals surface area contributed by atoms with Crippen molar-refractivity contribution in [2.75, 3.05) is 38.6 Å².